The van der Waals surface area contributed by atoms with Crippen molar-refractivity contribution >= 4 is 21.6 Å². The van der Waals surface area contributed by atoms with Gasteiger partial charge in [0.25, 0.3) is 10.0 Å². The number of anilines is 1. The molecule has 0 fully saturated rings. The number of benzene rings is 2. The van der Waals surface area contributed by atoms with Crippen LogP contribution < -0.4 is 14.9 Å². The highest BCUT2D eigenvalue weighted by Gasteiger charge is 2.25. The van der Waals surface area contributed by atoms with Crippen LogP contribution in [0.1, 0.15) is 5.56 Å². The van der Waals surface area contributed by atoms with E-state index >= 15 is 0 Å². The third kappa shape index (κ3) is 3.61. The summed E-state index contributed by atoms with van der Waals surface area (Å²) in [5, 5.41) is 10.2. The molecule has 2 aromatic carbocycles. The maximum Gasteiger partial charge on any atom is 0.286 e. The summed E-state index contributed by atoms with van der Waals surface area (Å²) in [7, 11) is -2.73. The molecular formula is C15H16N2O5S. The summed E-state index contributed by atoms with van der Waals surface area (Å²) >= 11 is 0. The summed E-state index contributed by atoms with van der Waals surface area (Å²) in [4.78, 5) is 11.0. The van der Waals surface area contributed by atoms with Gasteiger partial charge in [0.1, 0.15) is 5.75 Å². The molecule has 122 valence electrons. The average molecular weight is 336 g/mol. The van der Waals surface area contributed by atoms with Gasteiger partial charge in [-0.3, -0.25) is 10.0 Å². The van der Waals surface area contributed by atoms with Crippen LogP contribution in [0, 0.1) is 0 Å². The van der Waals surface area contributed by atoms with Crippen LogP contribution in [0.15, 0.2) is 53.4 Å². The molecule has 1 amide bonds. The first-order chi connectivity index (χ1) is 10.9. The summed E-state index contributed by atoms with van der Waals surface area (Å²) in [5.74, 6) is -0.143. The lowest BCUT2D eigenvalue weighted by atomic mass is 10.1. The monoisotopic (exact) mass is 336 g/mol. The van der Waals surface area contributed by atoms with Gasteiger partial charge in [-0.05, 0) is 35.9 Å². The van der Waals surface area contributed by atoms with E-state index in [0.717, 1.165) is 0 Å². The molecule has 0 radical (unpaired) electrons. The van der Waals surface area contributed by atoms with Gasteiger partial charge in [0, 0.05) is 0 Å². The maximum absolute atomic E-state index is 12.5. The number of nitrogens with zero attached hydrogens (tertiary/aromatic N) is 1. The van der Waals surface area contributed by atoms with Gasteiger partial charge in [-0.2, -0.15) is 8.42 Å². The standard InChI is InChI=1S/C15H16N2O5S/c1-22-12-6-8-13(9-7-12)23(20,21)17(19)14-5-3-2-4-11(14)10-15(16)18/h2-9,19H,10H2,1H3,(H2,16,18). The van der Waals surface area contributed by atoms with Gasteiger partial charge in [0.2, 0.25) is 5.91 Å². The molecule has 3 N–H and O–H groups in total. The fourth-order valence-corrected chi connectivity index (χ4v) is 3.13. The average Bonchev–Trinajstić information content (AvgIpc) is 2.54. The first kappa shape index (κ1) is 16.8. The van der Waals surface area contributed by atoms with E-state index < -0.39 is 15.9 Å². The smallest absolute Gasteiger partial charge is 0.286 e. The third-order valence-electron chi connectivity index (χ3n) is 3.15. The van der Waals surface area contributed by atoms with Gasteiger partial charge < -0.3 is 10.5 Å². The van der Waals surface area contributed by atoms with Crippen molar-refractivity contribution in [3.8, 4) is 5.75 Å². The van der Waals surface area contributed by atoms with Gasteiger partial charge >= 0.3 is 0 Å². The Balaban J connectivity index is 2.42. The molecule has 23 heavy (non-hydrogen) atoms. The Bertz CT molecular complexity index is 803. The third-order valence-corrected chi connectivity index (χ3v) is 4.67. The molecular weight excluding hydrogens is 320 g/mol. The number of carbonyl (C=O) groups excluding carboxylic acids is 1. The SMILES string of the molecule is COc1ccc(S(=O)(=O)N(O)c2ccccc2CC(N)=O)cc1. The van der Waals surface area contributed by atoms with Crippen LogP contribution >= 0.6 is 0 Å². The van der Waals surface area contributed by atoms with Crippen molar-refractivity contribution in [3.05, 3.63) is 54.1 Å². The molecule has 7 nitrogen and oxygen atoms in total. The first-order valence-corrected chi connectivity index (χ1v) is 8.04. The van der Waals surface area contributed by atoms with E-state index in [1.807, 2.05) is 0 Å². The van der Waals surface area contributed by atoms with Crippen molar-refractivity contribution in [2.24, 2.45) is 5.73 Å². The van der Waals surface area contributed by atoms with Gasteiger partial charge in [-0.1, -0.05) is 18.2 Å². The second kappa shape index (κ2) is 6.67. The van der Waals surface area contributed by atoms with Crippen molar-refractivity contribution in [2.45, 2.75) is 11.3 Å². The van der Waals surface area contributed by atoms with E-state index in [0.29, 0.717) is 11.3 Å². The molecule has 0 aliphatic carbocycles. The fourth-order valence-electron chi connectivity index (χ4n) is 2.01. The number of carbonyl (C=O) groups is 1. The van der Waals surface area contributed by atoms with Crippen molar-refractivity contribution < 1.29 is 23.2 Å². The Labute approximate surface area is 133 Å². The number of primary amides is 1. The Morgan fingerprint density at radius 2 is 1.78 bits per heavy atom. The summed E-state index contributed by atoms with van der Waals surface area (Å²) in [6, 6.07) is 11.6. The van der Waals surface area contributed by atoms with E-state index in [9.17, 15) is 18.4 Å². The Morgan fingerprint density at radius 1 is 1.17 bits per heavy atom. The molecule has 8 heteroatoms. The lowest BCUT2D eigenvalue weighted by Crippen LogP contribution is -2.29. The highest BCUT2D eigenvalue weighted by atomic mass is 32.2. The highest BCUT2D eigenvalue weighted by molar-refractivity contribution is 7.92. The zero-order valence-electron chi connectivity index (χ0n) is 12.3. The largest absolute Gasteiger partial charge is 0.497 e. The zero-order chi connectivity index (χ0) is 17.0. The lowest BCUT2D eigenvalue weighted by Gasteiger charge is -2.19. The summed E-state index contributed by atoms with van der Waals surface area (Å²) in [6.45, 7) is 0. The van der Waals surface area contributed by atoms with Gasteiger partial charge in [0.15, 0.2) is 0 Å². The van der Waals surface area contributed by atoms with Gasteiger partial charge in [-0.15, -0.1) is 4.47 Å². The van der Waals surface area contributed by atoms with Gasteiger partial charge in [-0.25, -0.2) is 0 Å². The number of rotatable bonds is 6. The Hall–Kier alpha value is -2.58. The Kier molecular flexibility index (Phi) is 4.87. The minimum absolute atomic E-state index is 0.0258. The molecule has 0 aliphatic heterocycles. The molecule has 0 aliphatic rings. The molecule has 0 saturated carbocycles. The van der Waals surface area contributed by atoms with Crippen molar-refractivity contribution in [2.75, 3.05) is 11.6 Å². The summed E-state index contributed by atoms with van der Waals surface area (Å²) in [5.41, 5.74) is 5.42. The van der Waals surface area contributed by atoms with Crippen LogP contribution in [0.3, 0.4) is 0 Å². The Morgan fingerprint density at radius 3 is 2.35 bits per heavy atom. The molecule has 0 spiro atoms. The summed E-state index contributed by atoms with van der Waals surface area (Å²) < 4.78 is 30.1. The number of ether oxygens (including phenoxy) is 1. The molecule has 0 bridgehead atoms. The van der Waals surface area contributed by atoms with E-state index in [1.165, 1.54) is 43.5 Å². The predicted molar refractivity (Wildman–Crippen MR) is 83.8 cm³/mol. The van der Waals surface area contributed by atoms with Crippen LogP contribution in [-0.2, 0) is 21.2 Å². The van der Waals surface area contributed by atoms with Crippen LogP contribution in [0.5, 0.6) is 5.75 Å². The normalized spacial score (nSPS) is 11.0. The number of nitrogens with two attached hydrogens (primary N) is 1. The van der Waals surface area contributed by atoms with Crippen LogP contribution in [0.25, 0.3) is 0 Å². The zero-order valence-corrected chi connectivity index (χ0v) is 13.2. The number of para-hydroxylation sites is 1. The minimum atomic E-state index is -4.19. The van der Waals surface area contributed by atoms with Crippen molar-refractivity contribution in [1.29, 1.82) is 0 Å². The van der Waals surface area contributed by atoms with Crippen molar-refractivity contribution in [3.63, 3.8) is 0 Å². The van der Waals surface area contributed by atoms with E-state index in [2.05, 4.69) is 0 Å². The van der Waals surface area contributed by atoms with E-state index in [1.54, 1.807) is 12.1 Å². The van der Waals surface area contributed by atoms with Gasteiger partial charge in [0.05, 0.1) is 24.1 Å². The molecule has 2 aromatic rings. The number of methoxy groups -OCH3 is 1. The quantitative estimate of drug-likeness (QED) is 0.773. The van der Waals surface area contributed by atoms with Crippen LogP contribution in [0.2, 0.25) is 0 Å². The van der Waals surface area contributed by atoms with Crippen LogP contribution in [-0.4, -0.2) is 26.6 Å². The molecule has 0 heterocycles. The minimum Gasteiger partial charge on any atom is -0.497 e. The molecule has 0 aromatic heterocycles. The molecule has 0 saturated heterocycles. The second-order valence-corrected chi connectivity index (χ2v) is 6.46. The predicted octanol–water partition coefficient (Wildman–Crippen LogP) is 1.31. The van der Waals surface area contributed by atoms with E-state index in [4.69, 9.17) is 10.5 Å². The van der Waals surface area contributed by atoms with Crippen molar-refractivity contribution in [1.82, 2.24) is 0 Å². The number of amides is 1. The number of hydrogen-bond acceptors (Lipinski definition) is 5. The van der Waals surface area contributed by atoms with Crippen LogP contribution in [0.4, 0.5) is 5.69 Å². The number of sulfonamides is 1. The molecule has 0 unspecified atom stereocenters. The summed E-state index contributed by atoms with van der Waals surface area (Å²) in [6.07, 6.45) is -0.189. The second-order valence-electron chi connectivity index (χ2n) is 4.70. The van der Waals surface area contributed by atoms with E-state index in [-0.39, 0.29) is 21.5 Å². The highest BCUT2D eigenvalue weighted by Crippen LogP contribution is 2.26. The molecule has 0 atom stereocenters. The lowest BCUT2D eigenvalue weighted by molar-refractivity contribution is -0.117. The topological polar surface area (TPSA) is 110 Å². The maximum atomic E-state index is 12.5. The molecule has 2 rings (SSSR count). The number of hydrogen-bond donors (Lipinski definition) is 2. The first-order valence-electron chi connectivity index (χ1n) is 6.60. The fraction of sp³-hybridized carbons (Fsp3) is 0.133.